The summed E-state index contributed by atoms with van der Waals surface area (Å²) < 4.78 is 1.74. The molecular formula is C20H18N2O2. The quantitative estimate of drug-likeness (QED) is 0.790. The number of fused-ring (bicyclic) bond motifs is 2. The summed E-state index contributed by atoms with van der Waals surface area (Å²) >= 11 is 0. The first-order chi connectivity index (χ1) is 11.7. The van der Waals surface area contributed by atoms with Crippen molar-refractivity contribution in [2.45, 2.75) is 26.5 Å². The lowest BCUT2D eigenvalue weighted by atomic mass is 10.0. The summed E-state index contributed by atoms with van der Waals surface area (Å²) in [6.07, 6.45) is 2.94. The molecule has 0 fully saturated rings. The second kappa shape index (κ2) is 5.73. The predicted molar refractivity (Wildman–Crippen MR) is 95.6 cm³/mol. The van der Waals surface area contributed by atoms with E-state index in [1.54, 1.807) is 10.6 Å². The van der Waals surface area contributed by atoms with Crippen LogP contribution in [0.4, 0.5) is 0 Å². The van der Waals surface area contributed by atoms with Gasteiger partial charge in [-0.2, -0.15) is 0 Å². The number of benzene rings is 2. The van der Waals surface area contributed by atoms with Crippen LogP contribution in [-0.2, 0) is 13.2 Å². The molecule has 120 valence electrons. The average molecular weight is 318 g/mol. The Morgan fingerprint density at radius 3 is 2.88 bits per heavy atom. The Bertz CT molecular complexity index is 1030. The maximum absolute atomic E-state index is 12.8. The molecule has 2 aromatic carbocycles. The van der Waals surface area contributed by atoms with Gasteiger partial charge in [0.25, 0.3) is 5.56 Å². The van der Waals surface area contributed by atoms with Crippen molar-refractivity contribution < 1.29 is 5.11 Å². The van der Waals surface area contributed by atoms with Gasteiger partial charge >= 0.3 is 0 Å². The molecule has 24 heavy (non-hydrogen) atoms. The van der Waals surface area contributed by atoms with Crippen molar-refractivity contribution in [2.75, 3.05) is 0 Å². The molecule has 0 bridgehead atoms. The van der Waals surface area contributed by atoms with Crippen molar-refractivity contribution in [1.82, 2.24) is 9.55 Å². The van der Waals surface area contributed by atoms with Gasteiger partial charge in [-0.25, -0.2) is 4.98 Å². The Morgan fingerprint density at radius 1 is 1.25 bits per heavy atom. The number of rotatable bonds is 2. The highest BCUT2D eigenvalue weighted by atomic mass is 16.3. The Kier molecular flexibility index (Phi) is 3.54. The molecule has 1 aliphatic heterocycles. The van der Waals surface area contributed by atoms with Crippen molar-refractivity contribution >= 4 is 22.6 Å². The Labute approximate surface area is 139 Å². The molecule has 4 rings (SSSR count). The third-order valence-electron chi connectivity index (χ3n) is 4.61. The molecule has 0 saturated heterocycles. The molecule has 1 aliphatic rings. The van der Waals surface area contributed by atoms with Crippen LogP contribution in [0.5, 0.6) is 0 Å². The molecule has 0 saturated carbocycles. The van der Waals surface area contributed by atoms with E-state index in [0.29, 0.717) is 17.4 Å². The Balaban J connectivity index is 1.90. The number of aliphatic hydroxyl groups is 1. The lowest BCUT2D eigenvalue weighted by Crippen LogP contribution is -2.20. The van der Waals surface area contributed by atoms with E-state index in [9.17, 15) is 9.90 Å². The molecule has 0 spiro atoms. The highest BCUT2D eigenvalue weighted by molar-refractivity contribution is 5.85. The van der Waals surface area contributed by atoms with E-state index in [4.69, 9.17) is 4.98 Å². The molecule has 0 radical (unpaired) electrons. The largest absolute Gasteiger partial charge is 0.392 e. The van der Waals surface area contributed by atoms with Crippen molar-refractivity contribution in [3.05, 3.63) is 75.3 Å². The van der Waals surface area contributed by atoms with Crippen LogP contribution in [0.15, 0.2) is 47.3 Å². The zero-order chi connectivity index (χ0) is 16.7. The molecule has 1 N–H and O–H groups in total. The SMILES string of the molecule is Cc1ccccc1C=C1CCn2c1nc1ccc(CO)cc1c2=O. The summed E-state index contributed by atoms with van der Waals surface area (Å²) in [6, 6.07) is 13.6. The molecule has 0 atom stereocenters. The lowest BCUT2D eigenvalue weighted by Gasteiger charge is -2.07. The van der Waals surface area contributed by atoms with E-state index in [1.165, 1.54) is 5.56 Å². The smallest absolute Gasteiger partial charge is 0.261 e. The van der Waals surface area contributed by atoms with Gasteiger partial charge in [-0.15, -0.1) is 0 Å². The number of hydrogen-bond acceptors (Lipinski definition) is 3. The molecular weight excluding hydrogens is 300 g/mol. The van der Waals surface area contributed by atoms with E-state index in [0.717, 1.165) is 28.9 Å². The zero-order valence-electron chi connectivity index (χ0n) is 13.5. The minimum Gasteiger partial charge on any atom is -0.392 e. The van der Waals surface area contributed by atoms with E-state index < -0.39 is 0 Å². The van der Waals surface area contributed by atoms with E-state index in [1.807, 2.05) is 24.3 Å². The molecule has 4 nitrogen and oxygen atoms in total. The van der Waals surface area contributed by atoms with Gasteiger partial charge in [0.05, 0.1) is 17.5 Å². The summed E-state index contributed by atoms with van der Waals surface area (Å²) in [5.74, 6) is 0.757. The first kappa shape index (κ1) is 14.8. The van der Waals surface area contributed by atoms with Crippen LogP contribution >= 0.6 is 0 Å². The molecule has 0 amide bonds. The number of aliphatic hydroxyl groups excluding tert-OH is 1. The standard InChI is InChI=1S/C20H18N2O2/c1-13-4-2-3-5-15(13)11-16-8-9-22-19(16)21-18-7-6-14(12-23)10-17(18)20(22)24/h2-7,10-11,23H,8-9,12H2,1H3. The fourth-order valence-corrected chi connectivity index (χ4v) is 3.24. The molecule has 4 heteroatoms. The second-order valence-electron chi connectivity index (χ2n) is 6.18. The monoisotopic (exact) mass is 318 g/mol. The van der Waals surface area contributed by atoms with Gasteiger partial charge in [0.15, 0.2) is 0 Å². The van der Waals surface area contributed by atoms with E-state index in [2.05, 4.69) is 25.1 Å². The molecule has 3 aromatic rings. The van der Waals surface area contributed by atoms with Crippen molar-refractivity contribution in [3.63, 3.8) is 0 Å². The topological polar surface area (TPSA) is 55.1 Å². The van der Waals surface area contributed by atoms with Crippen molar-refractivity contribution in [3.8, 4) is 0 Å². The van der Waals surface area contributed by atoms with Crippen LogP contribution < -0.4 is 5.56 Å². The highest BCUT2D eigenvalue weighted by Gasteiger charge is 2.21. The molecule has 0 unspecified atom stereocenters. The number of allylic oxidation sites excluding steroid dienone is 1. The highest BCUT2D eigenvalue weighted by Crippen LogP contribution is 2.28. The van der Waals surface area contributed by atoms with Crippen LogP contribution in [0.3, 0.4) is 0 Å². The summed E-state index contributed by atoms with van der Waals surface area (Å²) in [5, 5.41) is 9.85. The maximum Gasteiger partial charge on any atom is 0.261 e. The van der Waals surface area contributed by atoms with E-state index in [-0.39, 0.29) is 12.2 Å². The summed E-state index contributed by atoms with van der Waals surface area (Å²) in [4.78, 5) is 17.5. The van der Waals surface area contributed by atoms with Gasteiger partial charge < -0.3 is 5.11 Å². The van der Waals surface area contributed by atoms with Crippen molar-refractivity contribution in [1.29, 1.82) is 0 Å². The zero-order valence-corrected chi connectivity index (χ0v) is 13.5. The molecule has 1 aromatic heterocycles. The Hall–Kier alpha value is -2.72. The molecule has 2 heterocycles. The average Bonchev–Trinajstić information content (AvgIpc) is 3.00. The molecule has 0 aliphatic carbocycles. The minimum absolute atomic E-state index is 0.0292. The van der Waals surface area contributed by atoms with Gasteiger partial charge in [0.1, 0.15) is 5.82 Å². The van der Waals surface area contributed by atoms with Gasteiger partial charge in [-0.05, 0) is 53.8 Å². The lowest BCUT2D eigenvalue weighted by molar-refractivity contribution is 0.282. The summed E-state index contributed by atoms with van der Waals surface area (Å²) in [5.41, 5.74) is 4.84. The van der Waals surface area contributed by atoms with E-state index >= 15 is 0 Å². The number of aryl methyl sites for hydroxylation is 1. The van der Waals surface area contributed by atoms with Gasteiger partial charge in [0, 0.05) is 6.54 Å². The predicted octanol–water partition coefficient (Wildman–Crippen LogP) is 3.14. The van der Waals surface area contributed by atoms with Crippen LogP contribution in [0.2, 0.25) is 0 Å². The van der Waals surface area contributed by atoms with Gasteiger partial charge in [-0.1, -0.05) is 30.3 Å². The second-order valence-corrected chi connectivity index (χ2v) is 6.18. The van der Waals surface area contributed by atoms with Crippen molar-refractivity contribution in [2.24, 2.45) is 0 Å². The van der Waals surface area contributed by atoms with Gasteiger partial charge in [0.2, 0.25) is 0 Å². The summed E-state index contributed by atoms with van der Waals surface area (Å²) in [7, 11) is 0. The first-order valence-corrected chi connectivity index (χ1v) is 8.08. The van der Waals surface area contributed by atoms with Crippen LogP contribution in [0.1, 0.15) is 28.9 Å². The third kappa shape index (κ3) is 2.36. The summed E-state index contributed by atoms with van der Waals surface area (Å²) in [6.45, 7) is 2.66. The number of hydrogen-bond donors (Lipinski definition) is 1. The number of aromatic nitrogens is 2. The van der Waals surface area contributed by atoms with Crippen LogP contribution in [0.25, 0.3) is 22.6 Å². The number of nitrogens with zero attached hydrogens (tertiary/aromatic N) is 2. The van der Waals surface area contributed by atoms with Crippen LogP contribution in [0, 0.1) is 6.92 Å². The fraction of sp³-hybridized carbons (Fsp3) is 0.200. The normalized spacial score (nSPS) is 15.2. The third-order valence-corrected chi connectivity index (χ3v) is 4.61. The fourth-order valence-electron chi connectivity index (χ4n) is 3.24. The Morgan fingerprint density at radius 2 is 2.08 bits per heavy atom. The minimum atomic E-state index is -0.0738. The first-order valence-electron chi connectivity index (χ1n) is 8.08. The van der Waals surface area contributed by atoms with Gasteiger partial charge in [-0.3, -0.25) is 9.36 Å². The maximum atomic E-state index is 12.8. The van der Waals surface area contributed by atoms with Crippen LogP contribution in [-0.4, -0.2) is 14.7 Å².